The van der Waals surface area contributed by atoms with Crippen molar-refractivity contribution >= 4 is 15.7 Å². The number of aromatic amines is 1. The van der Waals surface area contributed by atoms with E-state index in [1.54, 1.807) is 0 Å². The third-order valence-corrected chi connectivity index (χ3v) is 8.42. The van der Waals surface area contributed by atoms with Gasteiger partial charge in [0.2, 0.25) is 0 Å². The molecule has 0 spiro atoms. The van der Waals surface area contributed by atoms with Crippen LogP contribution < -0.4 is 4.31 Å². The minimum absolute atomic E-state index is 0.0384. The number of nitrogens with zero attached hydrogens (tertiary/aromatic N) is 2. The summed E-state index contributed by atoms with van der Waals surface area (Å²) < 4.78 is 97.9. The number of halogens is 5. The molecule has 2 heterocycles. The molecule has 1 unspecified atom stereocenters. The molecule has 1 N–H and O–H groups in total. The van der Waals surface area contributed by atoms with Crippen LogP contribution in [0.5, 0.6) is 0 Å². The number of aromatic nitrogens is 2. The molecule has 11 heteroatoms. The Labute approximate surface area is 199 Å². The number of sulfonamides is 1. The first-order valence-electron chi connectivity index (χ1n) is 11.3. The summed E-state index contributed by atoms with van der Waals surface area (Å²) >= 11 is 0. The van der Waals surface area contributed by atoms with Gasteiger partial charge in [-0.15, -0.1) is 0 Å². The normalized spacial score (nSPS) is 17.9. The zero-order chi connectivity index (χ0) is 25.1. The van der Waals surface area contributed by atoms with Gasteiger partial charge in [-0.05, 0) is 55.9 Å². The number of rotatable bonds is 6. The number of H-pyrrole nitrogens is 1. The molecule has 2 aromatic carbocycles. The summed E-state index contributed by atoms with van der Waals surface area (Å²) in [4.78, 5) is -0.367. The van der Waals surface area contributed by atoms with E-state index in [9.17, 15) is 26.0 Å². The lowest BCUT2D eigenvalue weighted by molar-refractivity contribution is -0.137. The molecule has 1 fully saturated rings. The van der Waals surface area contributed by atoms with E-state index in [1.807, 2.05) is 6.92 Å². The number of hydrogen-bond donors (Lipinski definition) is 1. The van der Waals surface area contributed by atoms with Gasteiger partial charge in [0.25, 0.3) is 10.0 Å². The van der Waals surface area contributed by atoms with Crippen LogP contribution in [0.25, 0.3) is 11.3 Å². The van der Waals surface area contributed by atoms with Gasteiger partial charge in [-0.2, -0.15) is 18.3 Å². The van der Waals surface area contributed by atoms with Gasteiger partial charge in [-0.25, -0.2) is 17.2 Å². The molecule has 186 valence electrons. The van der Waals surface area contributed by atoms with Crippen LogP contribution in [-0.2, 0) is 22.6 Å². The summed E-state index contributed by atoms with van der Waals surface area (Å²) in [7, 11) is -4.44. The second-order valence-electron chi connectivity index (χ2n) is 8.95. The number of hydrogen-bond acceptors (Lipinski definition) is 3. The predicted octanol–water partition coefficient (Wildman–Crippen LogP) is 6.38. The van der Waals surface area contributed by atoms with Crippen molar-refractivity contribution in [1.29, 1.82) is 0 Å². The van der Waals surface area contributed by atoms with Gasteiger partial charge >= 0.3 is 6.18 Å². The third kappa shape index (κ3) is 3.89. The number of benzene rings is 2. The standard InChI is InChI=1S/C24H22F5N3O2S/c1-2-3-4-16-20-19(11-18(25)21(16)26)32(23(13-5-6-13)17-12-30-31-22(17)20)35(33,34)15-9-7-14(8-10-15)24(27,28)29/h7-13,23H,2-6H2,1H3,(H,30,31). The molecular formula is C24H22F5N3O2S. The maximum absolute atomic E-state index is 15.0. The quantitative estimate of drug-likeness (QED) is 0.391. The summed E-state index contributed by atoms with van der Waals surface area (Å²) in [5, 5.41) is 6.92. The lowest BCUT2D eigenvalue weighted by Gasteiger charge is -2.38. The first-order chi connectivity index (χ1) is 16.6. The topological polar surface area (TPSA) is 66.1 Å². The highest BCUT2D eigenvalue weighted by Crippen LogP contribution is 2.56. The molecule has 1 saturated carbocycles. The molecule has 2 aliphatic rings. The summed E-state index contributed by atoms with van der Waals surface area (Å²) in [5.74, 6) is -2.31. The minimum Gasteiger partial charge on any atom is -0.277 e. The van der Waals surface area contributed by atoms with Crippen LogP contribution in [0.3, 0.4) is 0 Å². The predicted molar refractivity (Wildman–Crippen MR) is 119 cm³/mol. The molecule has 3 aromatic rings. The van der Waals surface area contributed by atoms with E-state index in [2.05, 4.69) is 10.2 Å². The van der Waals surface area contributed by atoms with Crippen LogP contribution in [0, 0.1) is 17.6 Å². The monoisotopic (exact) mass is 511 g/mol. The number of nitrogens with one attached hydrogen (secondary N) is 1. The largest absolute Gasteiger partial charge is 0.416 e. The lowest BCUT2D eigenvalue weighted by Crippen LogP contribution is -2.39. The van der Waals surface area contributed by atoms with Gasteiger partial charge in [0.15, 0.2) is 11.6 Å². The molecule has 5 nitrogen and oxygen atoms in total. The zero-order valence-corrected chi connectivity index (χ0v) is 19.5. The maximum Gasteiger partial charge on any atom is 0.416 e. The van der Waals surface area contributed by atoms with E-state index in [0.29, 0.717) is 36.2 Å². The average molecular weight is 512 g/mol. The third-order valence-electron chi connectivity index (χ3n) is 6.61. The average Bonchev–Trinajstić information content (AvgIpc) is 3.53. The number of alkyl halides is 3. The fourth-order valence-electron chi connectivity index (χ4n) is 4.77. The first kappa shape index (κ1) is 23.8. The van der Waals surface area contributed by atoms with E-state index in [4.69, 9.17) is 0 Å². The van der Waals surface area contributed by atoms with Gasteiger partial charge in [-0.3, -0.25) is 9.40 Å². The molecule has 0 radical (unpaired) electrons. The Morgan fingerprint density at radius 1 is 1.14 bits per heavy atom. The minimum atomic E-state index is -4.63. The highest BCUT2D eigenvalue weighted by molar-refractivity contribution is 7.92. The van der Waals surface area contributed by atoms with Gasteiger partial charge < -0.3 is 0 Å². The number of unbranched alkanes of at least 4 members (excludes halogenated alkanes) is 1. The van der Waals surface area contributed by atoms with E-state index in [1.165, 1.54) is 6.20 Å². The summed E-state index contributed by atoms with van der Waals surface area (Å²) in [6.07, 6.45) is -0.263. The zero-order valence-electron chi connectivity index (χ0n) is 18.7. The smallest absolute Gasteiger partial charge is 0.277 e. The molecule has 0 amide bonds. The van der Waals surface area contributed by atoms with Crippen molar-refractivity contribution in [2.75, 3.05) is 4.31 Å². The summed E-state index contributed by atoms with van der Waals surface area (Å²) in [6, 6.07) is 3.30. The fourth-order valence-corrected chi connectivity index (χ4v) is 6.46. The summed E-state index contributed by atoms with van der Waals surface area (Å²) in [6.45, 7) is 1.90. The Morgan fingerprint density at radius 3 is 2.43 bits per heavy atom. The van der Waals surface area contributed by atoms with Gasteiger partial charge in [0.05, 0.1) is 34.1 Å². The van der Waals surface area contributed by atoms with Crippen molar-refractivity contribution in [3.63, 3.8) is 0 Å². The lowest BCUT2D eigenvalue weighted by atomic mass is 9.88. The molecule has 1 atom stereocenters. The van der Waals surface area contributed by atoms with E-state index in [-0.39, 0.29) is 34.0 Å². The molecule has 1 aliphatic carbocycles. The van der Waals surface area contributed by atoms with E-state index >= 15 is 4.39 Å². The highest BCUT2D eigenvalue weighted by atomic mass is 32.2. The Bertz CT molecular complexity index is 1380. The molecule has 1 aliphatic heterocycles. The SMILES string of the molecule is CCCCc1c(F)c(F)cc2c1-c1[nH]ncc1C(C1CC1)N2S(=O)(=O)c1ccc(C(F)(F)F)cc1. The van der Waals surface area contributed by atoms with Crippen LogP contribution in [0.2, 0.25) is 0 Å². The second-order valence-corrected chi connectivity index (χ2v) is 10.8. The Kier molecular flexibility index (Phi) is 5.65. The highest BCUT2D eigenvalue weighted by Gasteiger charge is 2.48. The van der Waals surface area contributed by atoms with Gasteiger partial charge in [-0.1, -0.05) is 13.3 Å². The molecule has 35 heavy (non-hydrogen) atoms. The maximum atomic E-state index is 15.0. The Balaban J connectivity index is 1.74. The van der Waals surface area contributed by atoms with Crippen LogP contribution in [0.15, 0.2) is 41.4 Å². The van der Waals surface area contributed by atoms with Crippen LogP contribution >= 0.6 is 0 Å². The van der Waals surface area contributed by atoms with Crippen molar-refractivity contribution in [1.82, 2.24) is 10.2 Å². The summed E-state index contributed by atoms with van der Waals surface area (Å²) in [5.41, 5.74) is 0.233. The first-order valence-corrected chi connectivity index (χ1v) is 12.8. The van der Waals surface area contributed by atoms with Gasteiger partial charge in [0, 0.05) is 22.8 Å². The molecule has 0 saturated heterocycles. The van der Waals surface area contributed by atoms with Crippen molar-refractivity contribution in [3.8, 4) is 11.3 Å². The van der Waals surface area contributed by atoms with Crippen LogP contribution in [-0.4, -0.2) is 18.6 Å². The Hall–Kier alpha value is -2.95. The van der Waals surface area contributed by atoms with Crippen molar-refractivity contribution in [2.45, 2.75) is 56.1 Å². The van der Waals surface area contributed by atoms with Crippen molar-refractivity contribution in [3.05, 3.63) is 64.9 Å². The van der Waals surface area contributed by atoms with Gasteiger partial charge in [0.1, 0.15) is 0 Å². The fraction of sp³-hybridized carbons (Fsp3) is 0.375. The van der Waals surface area contributed by atoms with Crippen molar-refractivity contribution in [2.24, 2.45) is 5.92 Å². The molecular weight excluding hydrogens is 489 g/mol. The molecule has 0 bridgehead atoms. The molecule has 5 rings (SSSR count). The molecule has 1 aromatic heterocycles. The number of anilines is 1. The second kappa shape index (κ2) is 8.32. The van der Waals surface area contributed by atoms with Crippen LogP contribution in [0.1, 0.15) is 55.3 Å². The Morgan fingerprint density at radius 2 is 1.83 bits per heavy atom. The van der Waals surface area contributed by atoms with E-state index in [0.717, 1.165) is 35.3 Å². The van der Waals surface area contributed by atoms with E-state index < -0.39 is 39.4 Å². The van der Waals surface area contributed by atoms with Crippen molar-refractivity contribution < 1.29 is 30.4 Å². The van der Waals surface area contributed by atoms with Crippen LogP contribution in [0.4, 0.5) is 27.6 Å². The number of fused-ring (bicyclic) bond motifs is 3.